The molecule has 31 heavy (non-hydrogen) atoms. The van der Waals surface area contributed by atoms with E-state index in [0.29, 0.717) is 41.9 Å². The first-order chi connectivity index (χ1) is 15.1. The number of carbonyl (C=O) groups excluding carboxylic acids is 1. The number of pyridine rings is 1. The molecule has 3 N–H and O–H groups in total. The van der Waals surface area contributed by atoms with E-state index >= 15 is 0 Å². The minimum absolute atomic E-state index is 0.236. The molecule has 0 aliphatic rings. The number of aromatic nitrogens is 3. The molecule has 9 nitrogen and oxygen atoms in total. The van der Waals surface area contributed by atoms with Crippen molar-refractivity contribution in [3.8, 4) is 5.75 Å². The molecule has 0 saturated carbocycles. The van der Waals surface area contributed by atoms with E-state index in [1.807, 2.05) is 31.2 Å². The summed E-state index contributed by atoms with van der Waals surface area (Å²) in [5.41, 5.74) is 1.66. The molecule has 0 fully saturated rings. The number of anilines is 3. The van der Waals surface area contributed by atoms with Crippen molar-refractivity contribution in [1.82, 2.24) is 20.5 Å². The summed E-state index contributed by atoms with van der Waals surface area (Å²) in [6.07, 6.45) is 1.73. The molecule has 3 heterocycles. The van der Waals surface area contributed by atoms with E-state index in [-0.39, 0.29) is 11.7 Å². The highest BCUT2D eigenvalue weighted by Crippen LogP contribution is 2.28. The van der Waals surface area contributed by atoms with Gasteiger partial charge in [0.2, 0.25) is 0 Å². The van der Waals surface area contributed by atoms with Crippen LogP contribution >= 0.6 is 0 Å². The summed E-state index contributed by atoms with van der Waals surface area (Å²) in [6.45, 7) is 2.87. The van der Waals surface area contributed by atoms with Gasteiger partial charge in [0, 0.05) is 24.7 Å². The zero-order valence-electron chi connectivity index (χ0n) is 17.2. The van der Waals surface area contributed by atoms with Crippen LogP contribution in [0, 0.1) is 6.92 Å². The van der Waals surface area contributed by atoms with Crippen LogP contribution in [0.4, 0.5) is 17.5 Å². The predicted octanol–water partition coefficient (Wildman–Crippen LogP) is 3.52. The Morgan fingerprint density at radius 3 is 2.65 bits per heavy atom. The highest BCUT2D eigenvalue weighted by atomic mass is 16.5. The van der Waals surface area contributed by atoms with Crippen molar-refractivity contribution in [3.05, 3.63) is 66.1 Å². The third-order valence-electron chi connectivity index (χ3n) is 4.50. The fourth-order valence-electron chi connectivity index (χ4n) is 2.99. The summed E-state index contributed by atoms with van der Waals surface area (Å²) in [5.74, 6) is 2.44. The number of hydrogen-bond donors (Lipinski definition) is 3. The fourth-order valence-corrected chi connectivity index (χ4v) is 2.99. The first kappa shape index (κ1) is 20.1. The first-order valence-electron chi connectivity index (χ1n) is 9.74. The number of aryl methyl sites for hydroxylation is 1. The highest BCUT2D eigenvalue weighted by Gasteiger charge is 2.14. The van der Waals surface area contributed by atoms with Gasteiger partial charge in [-0.1, -0.05) is 12.1 Å². The molecular weight excluding hydrogens is 396 g/mol. The fraction of sp³-hybridized carbons (Fsp3) is 0.182. The second kappa shape index (κ2) is 9.12. The molecule has 0 atom stereocenters. The summed E-state index contributed by atoms with van der Waals surface area (Å²) in [5, 5.41) is 18.1. The average Bonchev–Trinajstić information content (AvgIpc) is 3.22. The summed E-state index contributed by atoms with van der Waals surface area (Å²) in [6, 6.07) is 14.7. The lowest BCUT2D eigenvalue weighted by Crippen LogP contribution is -2.28. The zero-order valence-corrected chi connectivity index (χ0v) is 17.2. The van der Waals surface area contributed by atoms with Gasteiger partial charge in [0.05, 0.1) is 7.11 Å². The quantitative estimate of drug-likeness (QED) is 0.373. The van der Waals surface area contributed by atoms with E-state index < -0.39 is 0 Å². The lowest BCUT2D eigenvalue weighted by molar-refractivity contribution is 0.0929. The molecule has 0 aliphatic carbocycles. The smallest absolute Gasteiger partial charge is 0.287 e. The summed E-state index contributed by atoms with van der Waals surface area (Å²) >= 11 is 0. The van der Waals surface area contributed by atoms with Crippen LogP contribution in [0.15, 0.2) is 59.1 Å². The number of amides is 1. The number of methoxy groups -OCH3 is 1. The molecule has 0 spiro atoms. The van der Waals surface area contributed by atoms with Crippen molar-refractivity contribution < 1.29 is 13.9 Å². The molecule has 0 aliphatic heterocycles. The Bertz CT molecular complexity index is 1190. The first-order valence-corrected chi connectivity index (χ1v) is 9.74. The molecular formula is C22H22N6O3. The molecule has 4 aromatic rings. The predicted molar refractivity (Wildman–Crippen MR) is 118 cm³/mol. The number of nitrogens with one attached hydrogen (secondary N) is 3. The van der Waals surface area contributed by atoms with Crippen molar-refractivity contribution in [3.63, 3.8) is 0 Å². The number of rotatable bonds is 8. The van der Waals surface area contributed by atoms with Crippen LogP contribution in [0.1, 0.15) is 16.1 Å². The molecule has 3 aromatic heterocycles. The van der Waals surface area contributed by atoms with E-state index in [4.69, 9.17) is 9.15 Å². The Morgan fingerprint density at radius 1 is 1.03 bits per heavy atom. The number of ether oxygens (including phenoxy) is 1. The molecule has 9 heteroatoms. The Balaban J connectivity index is 1.26. The molecule has 0 saturated heterocycles. The molecule has 4 rings (SSSR count). The molecule has 0 radical (unpaired) electrons. The maximum Gasteiger partial charge on any atom is 0.287 e. The minimum Gasteiger partial charge on any atom is -0.493 e. The number of hydrogen-bond acceptors (Lipinski definition) is 8. The van der Waals surface area contributed by atoms with Crippen molar-refractivity contribution >= 4 is 34.3 Å². The Kier molecular flexibility index (Phi) is 5.93. The van der Waals surface area contributed by atoms with Gasteiger partial charge in [0.1, 0.15) is 11.6 Å². The van der Waals surface area contributed by atoms with Gasteiger partial charge >= 0.3 is 0 Å². The van der Waals surface area contributed by atoms with Gasteiger partial charge in [-0.05, 0) is 48.9 Å². The highest BCUT2D eigenvalue weighted by molar-refractivity contribution is 5.97. The third kappa shape index (κ3) is 4.89. The van der Waals surface area contributed by atoms with Crippen LogP contribution in [0.2, 0.25) is 0 Å². The number of benzene rings is 1. The molecule has 0 unspecified atom stereocenters. The van der Waals surface area contributed by atoms with Crippen molar-refractivity contribution in [2.45, 2.75) is 6.92 Å². The maximum atomic E-state index is 12.4. The normalized spacial score (nSPS) is 10.6. The van der Waals surface area contributed by atoms with E-state index in [2.05, 4.69) is 31.1 Å². The minimum atomic E-state index is -0.295. The molecule has 1 amide bonds. The van der Waals surface area contributed by atoms with Gasteiger partial charge in [-0.25, -0.2) is 4.98 Å². The van der Waals surface area contributed by atoms with Crippen LogP contribution < -0.4 is 20.7 Å². The second-order valence-corrected chi connectivity index (χ2v) is 6.82. The Labute approximate surface area is 178 Å². The average molecular weight is 418 g/mol. The molecule has 0 bridgehead atoms. The van der Waals surface area contributed by atoms with Crippen molar-refractivity contribution in [2.75, 3.05) is 30.8 Å². The van der Waals surface area contributed by atoms with Crippen LogP contribution in [0.5, 0.6) is 5.75 Å². The third-order valence-corrected chi connectivity index (χ3v) is 4.50. The lowest BCUT2D eigenvalue weighted by Gasteiger charge is -2.08. The van der Waals surface area contributed by atoms with Gasteiger partial charge in [-0.2, -0.15) is 0 Å². The van der Waals surface area contributed by atoms with E-state index in [1.54, 1.807) is 37.6 Å². The largest absolute Gasteiger partial charge is 0.493 e. The van der Waals surface area contributed by atoms with Gasteiger partial charge in [0.15, 0.2) is 22.9 Å². The van der Waals surface area contributed by atoms with Crippen molar-refractivity contribution in [1.29, 1.82) is 0 Å². The number of nitrogens with zero attached hydrogens (tertiary/aromatic N) is 3. The standard InChI is InChI=1S/C22H22N6O3/c1-14-8-9-23-20(12-14)26-19-7-6-18(27-28-19)24-10-11-25-22(29)17-13-15-4-3-5-16(30-2)21(15)31-17/h3-9,12-13H,10-11H2,1-2H3,(H,24,27)(H,25,29)(H,23,26,28). The van der Waals surface area contributed by atoms with E-state index in [9.17, 15) is 4.79 Å². The van der Waals surface area contributed by atoms with Gasteiger partial charge in [-0.15, -0.1) is 10.2 Å². The van der Waals surface area contributed by atoms with Crippen LogP contribution in [0.3, 0.4) is 0 Å². The summed E-state index contributed by atoms with van der Waals surface area (Å²) in [4.78, 5) is 16.6. The SMILES string of the molecule is COc1cccc2cc(C(=O)NCCNc3ccc(Nc4cc(C)ccn4)nn3)oc12. The van der Waals surface area contributed by atoms with Gasteiger partial charge in [-0.3, -0.25) is 4.79 Å². The number of para-hydroxylation sites is 1. The monoisotopic (exact) mass is 418 g/mol. The molecule has 158 valence electrons. The Morgan fingerprint density at radius 2 is 1.87 bits per heavy atom. The van der Waals surface area contributed by atoms with Gasteiger partial charge in [0.25, 0.3) is 5.91 Å². The van der Waals surface area contributed by atoms with Crippen LogP contribution in [-0.4, -0.2) is 41.3 Å². The van der Waals surface area contributed by atoms with E-state index in [0.717, 1.165) is 10.9 Å². The van der Waals surface area contributed by atoms with Crippen LogP contribution in [0.25, 0.3) is 11.0 Å². The lowest BCUT2D eigenvalue weighted by atomic mass is 10.2. The zero-order chi connectivity index (χ0) is 21.6. The summed E-state index contributed by atoms with van der Waals surface area (Å²) < 4.78 is 10.9. The number of fused-ring (bicyclic) bond motifs is 1. The summed E-state index contributed by atoms with van der Waals surface area (Å²) in [7, 11) is 1.56. The van der Waals surface area contributed by atoms with Crippen molar-refractivity contribution in [2.24, 2.45) is 0 Å². The topological polar surface area (TPSA) is 114 Å². The number of furan rings is 1. The molecule has 1 aromatic carbocycles. The number of carbonyl (C=O) groups is 1. The second-order valence-electron chi connectivity index (χ2n) is 6.82. The Hall–Kier alpha value is -4.14. The van der Waals surface area contributed by atoms with Crippen LogP contribution in [-0.2, 0) is 0 Å². The maximum absolute atomic E-state index is 12.4. The van der Waals surface area contributed by atoms with Gasteiger partial charge < -0.3 is 25.1 Å². The van der Waals surface area contributed by atoms with E-state index in [1.165, 1.54) is 0 Å².